The van der Waals surface area contributed by atoms with E-state index in [-0.39, 0.29) is 5.91 Å². The average molecular weight is 358 g/mol. The molecule has 112 valence electrons. The lowest BCUT2D eigenvalue weighted by atomic mass is 10.2. The zero-order chi connectivity index (χ0) is 15.9. The van der Waals surface area contributed by atoms with Crippen LogP contribution in [0.1, 0.15) is 17.5 Å². The van der Waals surface area contributed by atoms with E-state index >= 15 is 0 Å². The minimum Gasteiger partial charge on any atom is -0.384 e. The molecule has 1 amide bonds. The molecule has 4 nitrogen and oxygen atoms in total. The topological polar surface area (TPSA) is 64.9 Å². The fourth-order valence-corrected chi connectivity index (χ4v) is 2.29. The Morgan fingerprint density at radius 3 is 2.77 bits per heavy atom. The highest BCUT2D eigenvalue weighted by atomic mass is 79.9. The van der Waals surface area contributed by atoms with Crippen molar-refractivity contribution in [2.24, 2.45) is 0 Å². The summed E-state index contributed by atoms with van der Waals surface area (Å²) in [5.41, 5.74) is 3.31. The number of carbonyl (C=O) groups excluding carboxylic acids is 1. The lowest BCUT2D eigenvalue weighted by Gasteiger charge is -2.09. The van der Waals surface area contributed by atoms with Gasteiger partial charge in [0.25, 0.3) is 0 Å². The molecule has 0 aliphatic rings. The first-order valence-electron chi connectivity index (χ1n) is 6.88. The van der Waals surface area contributed by atoms with Crippen LogP contribution in [0, 0.1) is 18.3 Å². The second-order valence-corrected chi connectivity index (χ2v) is 5.74. The summed E-state index contributed by atoms with van der Waals surface area (Å²) in [7, 11) is 0. The molecule has 2 N–H and O–H groups in total. The fraction of sp³-hybridized carbons (Fsp3) is 0.176. The Morgan fingerprint density at radius 1 is 1.23 bits per heavy atom. The second-order valence-electron chi connectivity index (χ2n) is 4.88. The van der Waals surface area contributed by atoms with Gasteiger partial charge < -0.3 is 10.6 Å². The number of anilines is 2. The van der Waals surface area contributed by atoms with Gasteiger partial charge in [-0.25, -0.2) is 0 Å². The standard InChI is InChI=1S/C17H16BrN3O/c1-12-5-6-14(10-16(12)18)20-8-7-17(22)21-15-4-2-3-13(9-15)11-19/h2-6,9-10,20H,7-8H2,1H3,(H,21,22). The van der Waals surface area contributed by atoms with Gasteiger partial charge in [-0.05, 0) is 42.8 Å². The maximum atomic E-state index is 11.9. The lowest BCUT2D eigenvalue weighted by molar-refractivity contribution is -0.115. The maximum absolute atomic E-state index is 11.9. The SMILES string of the molecule is Cc1ccc(NCCC(=O)Nc2cccc(C#N)c2)cc1Br. The second kappa shape index (κ2) is 7.62. The van der Waals surface area contributed by atoms with Crippen LogP contribution < -0.4 is 10.6 Å². The number of hydrogen-bond donors (Lipinski definition) is 2. The van der Waals surface area contributed by atoms with Crippen molar-refractivity contribution in [2.75, 3.05) is 17.2 Å². The van der Waals surface area contributed by atoms with Gasteiger partial charge in [-0.15, -0.1) is 0 Å². The Labute approximate surface area is 138 Å². The van der Waals surface area contributed by atoms with Crippen molar-refractivity contribution in [2.45, 2.75) is 13.3 Å². The van der Waals surface area contributed by atoms with Gasteiger partial charge in [-0.2, -0.15) is 5.26 Å². The highest BCUT2D eigenvalue weighted by Crippen LogP contribution is 2.20. The molecule has 0 heterocycles. The normalized spacial score (nSPS) is 9.86. The van der Waals surface area contributed by atoms with Crippen LogP contribution in [0.2, 0.25) is 0 Å². The molecular weight excluding hydrogens is 342 g/mol. The molecule has 0 radical (unpaired) electrons. The zero-order valence-electron chi connectivity index (χ0n) is 12.2. The van der Waals surface area contributed by atoms with E-state index in [0.29, 0.717) is 24.2 Å². The number of nitrogens with zero attached hydrogens (tertiary/aromatic N) is 1. The Bertz CT molecular complexity index is 722. The first-order chi connectivity index (χ1) is 10.6. The summed E-state index contributed by atoms with van der Waals surface area (Å²) in [6.07, 6.45) is 0.349. The number of rotatable bonds is 5. The Kier molecular flexibility index (Phi) is 5.56. The number of benzene rings is 2. The van der Waals surface area contributed by atoms with Crippen LogP contribution in [-0.4, -0.2) is 12.5 Å². The molecule has 0 spiro atoms. The van der Waals surface area contributed by atoms with Crippen molar-refractivity contribution >= 4 is 33.2 Å². The Balaban J connectivity index is 1.82. The summed E-state index contributed by atoms with van der Waals surface area (Å²) in [6, 6.07) is 14.9. The van der Waals surface area contributed by atoms with Crippen LogP contribution >= 0.6 is 15.9 Å². The summed E-state index contributed by atoms with van der Waals surface area (Å²) in [5, 5.41) is 14.8. The van der Waals surface area contributed by atoms with Crippen molar-refractivity contribution in [1.82, 2.24) is 0 Å². The van der Waals surface area contributed by atoms with Gasteiger partial charge in [0.05, 0.1) is 11.6 Å². The molecule has 0 saturated heterocycles. The molecule has 0 aromatic heterocycles. The third kappa shape index (κ3) is 4.61. The molecule has 0 aliphatic heterocycles. The minimum absolute atomic E-state index is 0.0891. The van der Waals surface area contributed by atoms with E-state index < -0.39 is 0 Å². The highest BCUT2D eigenvalue weighted by molar-refractivity contribution is 9.10. The van der Waals surface area contributed by atoms with Crippen LogP contribution in [0.15, 0.2) is 46.9 Å². The summed E-state index contributed by atoms with van der Waals surface area (Å²) in [4.78, 5) is 11.9. The lowest BCUT2D eigenvalue weighted by Crippen LogP contribution is -2.16. The summed E-state index contributed by atoms with van der Waals surface area (Å²) in [6.45, 7) is 2.57. The van der Waals surface area contributed by atoms with Crippen LogP contribution in [0.5, 0.6) is 0 Å². The van der Waals surface area contributed by atoms with Crippen molar-refractivity contribution in [3.05, 3.63) is 58.1 Å². The number of aryl methyl sites for hydroxylation is 1. The minimum atomic E-state index is -0.0891. The van der Waals surface area contributed by atoms with Gasteiger partial charge in [0.2, 0.25) is 5.91 Å². The van der Waals surface area contributed by atoms with Crippen LogP contribution in [-0.2, 0) is 4.79 Å². The molecule has 0 bridgehead atoms. The third-order valence-corrected chi connectivity index (χ3v) is 3.98. The van der Waals surface area contributed by atoms with Gasteiger partial charge >= 0.3 is 0 Å². The van der Waals surface area contributed by atoms with Crippen molar-refractivity contribution in [1.29, 1.82) is 5.26 Å². The number of carbonyl (C=O) groups is 1. The van der Waals surface area contributed by atoms with Gasteiger partial charge in [0.1, 0.15) is 0 Å². The number of hydrogen-bond acceptors (Lipinski definition) is 3. The average Bonchev–Trinajstić information content (AvgIpc) is 2.51. The number of halogens is 1. The van der Waals surface area contributed by atoms with Crippen molar-refractivity contribution < 1.29 is 4.79 Å². The van der Waals surface area contributed by atoms with Gasteiger partial charge in [0.15, 0.2) is 0 Å². The Morgan fingerprint density at radius 2 is 2.05 bits per heavy atom. The van der Waals surface area contributed by atoms with Gasteiger partial charge in [-0.1, -0.05) is 28.1 Å². The molecule has 2 aromatic carbocycles. The summed E-state index contributed by atoms with van der Waals surface area (Å²) >= 11 is 3.48. The molecule has 2 rings (SSSR count). The van der Waals surface area contributed by atoms with Crippen LogP contribution in [0.25, 0.3) is 0 Å². The molecule has 2 aromatic rings. The predicted octanol–water partition coefficient (Wildman–Crippen LogP) is 4.07. The van der Waals surface area contributed by atoms with E-state index in [9.17, 15) is 4.79 Å². The van der Waals surface area contributed by atoms with Gasteiger partial charge in [-0.3, -0.25) is 4.79 Å². The molecule has 22 heavy (non-hydrogen) atoms. The van der Waals surface area contributed by atoms with Crippen LogP contribution in [0.3, 0.4) is 0 Å². The summed E-state index contributed by atoms with van der Waals surface area (Å²) in [5.74, 6) is -0.0891. The van der Waals surface area contributed by atoms with Crippen LogP contribution in [0.4, 0.5) is 11.4 Å². The van der Waals surface area contributed by atoms with Gasteiger partial charge in [0, 0.05) is 28.8 Å². The molecular formula is C17H16BrN3O. The summed E-state index contributed by atoms with van der Waals surface area (Å²) < 4.78 is 1.04. The molecule has 0 aliphatic carbocycles. The van der Waals surface area contributed by atoms with E-state index in [1.54, 1.807) is 24.3 Å². The number of amides is 1. The molecule has 5 heteroatoms. The molecule has 0 saturated carbocycles. The number of nitriles is 1. The third-order valence-electron chi connectivity index (χ3n) is 3.13. The molecule has 0 fully saturated rings. The molecule has 0 unspecified atom stereocenters. The van der Waals surface area contributed by atoms with E-state index in [0.717, 1.165) is 10.2 Å². The molecule has 0 atom stereocenters. The predicted molar refractivity (Wildman–Crippen MR) is 91.8 cm³/mol. The highest BCUT2D eigenvalue weighted by Gasteiger charge is 2.03. The zero-order valence-corrected chi connectivity index (χ0v) is 13.8. The van der Waals surface area contributed by atoms with Crippen molar-refractivity contribution in [3.8, 4) is 6.07 Å². The maximum Gasteiger partial charge on any atom is 0.226 e. The van der Waals surface area contributed by atoms with Crippen molar-refractivity contribution in [3.63, 3.8) is 0 Å². The Hall–Kier alpha value is -2.32. The van der Waals surface area contributed by atoms with E-state index in [2.05, 4.69) is 26.6 Å². The monoisotopic (exact) mass is 357 g/mol. The first-order valence-corrected chi connectivity index (χ1v) is 7.68. The van der Waals surface area contributed by atoms with E-state index in [4.69, 9.17) is 5.26 Å². The van der Waals surface area contributed by atoms with E-state index in [1.165, 1.54) is 5.56 Å². The van der Waals surface area contributed by atoms with E-state index in [1.807, 2.05) is 31.2 Å². The fourth-order valence-electron chi connectivity index (χ4n) is 1.91. The quantitative estimate of drug-likeness (QED) is 0.847. The largest absolute Gasteiger partial charge is 0.384 e. The number of nitrogens with one attached hydrogen (secondary N) is 2. The smallest absolute Gasteiger partial charge is 0.226 e. The first kappa shape index (κ1) is 16.1.